The first kappa shape index (κ1) is 16.9. The predicted molar refractivity (Wildman–Crippen MR) is 96.0 cm³/mol. The molecule has 22 heavy (non-hydrogen) atoms. The molecule has 0 atom stereocenters. The van der Waals surface area contributed by atoms with E-state index in [1.54, 1.807) is 13.0 Å². The van der Waals surface area contributed by atoms with Crippen LogP contribution in [0.2, 0.25) is 19.6 Å². The molecule has 0 unspecified atom stereocenters. The van der Waals surface area contributed by atoms with Crippen molar-refractivity contribution in [3.05, 3.63) is 47.4 Å². The Balaban J connectivity index is 2.69. The van der Waals surface area contributed by atoms with E-state index in [1.807, 2.05) is 18.3 Å². The van der Waals surface area contributed by atoms with Crippen LogP contribution in [0.3, 0.4) is 0 Å². The van der Waals surface area contributed by atoms with E-state index >= 15 is 0 Å². The van der Waals surface area contributed by atoms with Gasteiger partial charge in [0.15, 0.2) is 0 Å². The maximum atomic E-state index is 14.4. The predicted octanol–water partition coefficient (Wildman–Crippen LogP) is 5.04. The minimum absolute atomic E-state index is 0.0214. The van der Waals surface area contributed by atoms with E-state index in [-0.39, 0.29) is 11.2 Å². The van der Waals surface area contributed by atoms with Crippen LogP contribution in [0.1, 0.15) is 31.9 Å². The smallest absolute Gasteiger partial charge is 0.135 e. The molecule has 3 heteroatoms. The molecule has 0 amide bonds. The number of nitrogens with zero attached hydrogens (tertiary/aromatic N) is 1. The Morgan fingerprint density at radius 2 is 1.73 bits per heavy atom. The molecule has 1 aromatic carbocycles. The molecule has 0 bridgehead atoms. The maximum absolute atomic E-state index is 14.4. The first-order valence-electron chi connectivity index (χ1n) is 7.78. The highest BCUT2D eigenvalue weighted by atomic mass is 28.3. The average Bonchev–Trinajstić information content (AvgIpc) is 2.39. The number of halogens is 1. The van der Waals surface area contributed by atoms with Crippen LogP contribution in [0.5, 0.6) is 0 Å². The maximum Gasteiger partial charge on any atom is 0.135 e. The van der Waals surface area contributed by atoms with Crippen molar-refractivity contribution in [1.82, 2.24) is 4.98 Å². The van der Waals surface area contributed by atoms with Gasteiger partial charge < -0.3 is 0 Å². The van der Waals surface area contributed by atoms with Gasteiger partial charge in [-0.25, -0.2) is 4.39 Å². The Labute approximate surface area is 134 Å². The second-order valence-corrected chi connectivity index (χ2v) is 13.1. The molecule has 0 aliphatic carbocycles. The van der Waals surface area contributed by atoms with E-state index in [2.05, 4.69) is 51.5 Å². The first-order valence-corrected chi connectivity index (χ1v) is 11.3. The van der Waals surface area contributed by atoms with Crippen molar-refractivity contribution in [2.24, 2.45) is 0 Å². The van der Waals surface area contributed by atoms with E-state index in [4.69, 9.17) is 0 Å². The Morgan fingerprint density at radius 1 is 1.09 bits per heavy atom. The van der Waals surface area contributed by atoms with Gasteiger partial charge in [0.2, 0.25) is 0 Å². The molecule has 1 aromatic heterocycles. The zero-order chi connectivity index (χ0) is 16.7. The van der Waals surface area contributed by atoms with Gasteiger partial charge in [0.05, 0.1) is 13.8 Å². The third kappa shape index (κ3) is 3.30. The standard InChI is InChI=1S/C19H26FNSi/c1-13-9-8-10-14(18(13)20)16-11-15(19(2,3)4)17(12-21-16)22(5,6)7/h8-12H,1-7H3. The quantitative estimate of drug-likeness (QED) is 0.708. The summed E-state index contributed by atoms with van der Waals surface area (Å²) < 4.78 is 14.4. The minimum atomic E-state index is -1.49. The summed E-state index contributed by atoms with van der Waals surface area (Å²) in [6.07, 6.45) is 1.98. The van der Waals surface area contributed by atoms with E-state index in [9.17, 15) is 4.39 Å². The molecule has 0 radical (unpaired) electrons. The average molecular weight is 316 g/mol. The highest BCUT2D eigenvalue weighted by Gasteiger charge is 2.27. The van der Waals surface area contributed by atoms with Gasteiger partial charge >= 0.3 is 0 Å². The van der Waals surface area contributed by atoms with Crippen molar-refractivity contribution in [2.75, 3.05) is 0 Å². The van der Waals surface area contributed by atoms with Crippen molar-refractivity contribution < 1.29 is 4.39 Å². The molecule has 2 rings (SSSR count). The lowest BCUT2D eigenvalue weighted by atomic mass is 9.86. The second kappa shape index (κ2) is 5.62. The second-order valence-electron chi connectivity index (χ2n) is 8.05. The van der Waals surface area contributed by atoms with Crippen LogP contribution in [0.25, 0.3) is 11.3 Å². The van der Waals surface area contributed by atoms with Crippen LogP contribution in [0.15, 0.2) is 30.5 Å². The molecule has 0 saturated heterocycles. The summed E-state index contributed by atoms with van der Waals surface area (Å²) in [6, 6.07) is 7.58. The lowest BCUT2D eigenvalue weighted by molar-refractivity contribution is 0.592. The molecular weight excluding hydrogens is 289 g/mol. The van der Waals surface area contributed by atoms with Crippen molar-refractivity contribution in [3.8, 4) is 11.3 Å². The molecule has 0 saturated carbocycles. The molecule has 1 nitrogen and oxygen atoms in total. The third-order valence-electron chi connectivity index (χ3n) is 3.99. The van der Waals surface area contributed by atoms with Gasteiger partial charge in [0.1, 0.15) is 5.82 Å². The van der Waals surface area contributed by atoms with Gasteiger partial charge in [-0.15, -0.1) is 0 Å². The van der Waals surface area contributed by atoms with Crippen molar-refractivity contribution in [2.45, 2.75) is 52.8 Å². The van der Waals surface area contributed by atoms with Gasteiger partial charge in [-0.05, 0) is 40.8 Å². The van der Waals surface area contributed by atoms with Crippen LogP contribution in [0, 0.1) is 12.7 Å². The highest BCUT2D eigenvalue weighted by molar-refractivity contribution is 6.89. The number of aromatic nitrogens is 1. The number of benzene rings is 1. The SMILES string of the molecule is Cc1cccc(-c2cc(C(C)(C)C)c([Si](C)(C)C)cn2)c1F. The summed E-state index contributed by atoms with van der Waals surface area (Å²) in [5.41, 5.74) is 3.29. The molecule has 0 N–H and O–H groups in total. The summed E-state index contributed by atoms with van der Waals surface area (Å²) in [6.45, 7) is 15.4. The Morgan fingerprint density at radius 3 is 2.27 bits per heavy atom. The van der Waals surface area contributed by atoms with Crippen molar-refractivity contribution >= 4 is 13.3 Å². The van der Waals surface area contributed by atoms with Gasteiger partial charge in [-0.2, -0.15) is 0 Å². The molecule has 0 fully saturated rings. The summed E-state index contributed by atoms with van der Waals surface area (Å²) in [7, 11) is -1.49. The van der Waals surface area contributed by atoms with Gasteiger partial charge in [0.25, 0.3) is 0 Å². The largest absolute Gasteiger partial charge is 0.256 e. The molecular formula is C19H26FNSi. The molecule has 118 valence electrons. The van der Waals surface area contributed by atoms with Crippen LogP contribution >= 0.6 is 0 Å². The Bertz CT molecular complexity index is 694. The third-order valence-corrected chi connectivity index (χ3v) is 6.00. The van der Waals surface area contributed by atoms with E-state index in [0.717, 1.165) is 5.69 Å². The fourth-order valence-corrected chi connectivity index (χ4v) is 4.37. The topological polar surface area (TPSA) is 12.9 Å². The normalized spacial score (nSPS) is 12.5. The molecule has 0 aliphatic heterocycles. The number of rotatable bonds is 2. The number of hydrogen-bond acceptors (Lipinski definition) is 1. The Hall–Kier alpha value is -1.48. The zero-order valence-corrected chi connectivity index (χ0v) is 15.7. The minimum Gasteiger partial charge on any atom is -0.256 e. The number of aryl methyl sites for hydroxylation is 1. The fourth-order valence-electron chi connectivity index (χ4n) is 2.67. The van der Waals surface area contributed by atoms with Crippen molar-refractivity contribution in [1.29, 1.82) is 0 Å². The molecule has 0 aliphatic rings. The molecule has 0 spiro atoms. The van der Waals surface area contributed by atoms with E-state index in [1.165, 1.54) is 10.8 Å². The van der Waals surface area contributed by atoms with Crippen LogP contribution < -0.4 is 5.19 Å². The van der Waals surface area contributed by atoms with Crippen LogP contribution in [-0.2, 0) is 5.41 Å². The Kier molecular flexibility index (Phi) is 4.31. The fraction of sp³-hybridized carbons (Fsp3) is 0.421. The van der Waals surface area contributed by atoms with E-state index in [0.29, 0.717) is 11.1 Å². The van der Waals surface area contributed by atoms with E-state index < -0.39 is 8.07 Å². The summed E-state index contributed by atoms with van der Waals surface area (Å²) in [5.74, 6) is -0.171. The summed E-state index contributed by atoms with van der Waals surface area (Å²) >= 11 is 0. The van der Waals surface area contributed by atoms with Gasteiger partial charge in [-0.1, -0.05) is 52.5 Å². The lowest BCUT2D eigenvalue weighted by Crippen LogP contribution is -2.43. The monoisotopic (exact) mass is 315 g/mol. The zero-order valence-electron chi connectivity index (χ0n) is 14.7. The van der Waals surface area contributed by atoms with Crippen molar-refractivity contribution in [3.63, 3.8) is 0 Å². The van der Waals surface area contributed by atoms with Crippen LogP contribution in [0.4, 0.5) is 4.39 Å². The number of pyridine rings is 1. The number of hydrogen-bond donors (Lipinski definition) is 0. The lowest BCUT2D eigenvalue weighted by Gasteiger charge is -2.29. The summed E-state index contributed by atoms with van der Waals surface area (Å²) in [5, 5.41) is 1.36. The molecule has 1 heterocycles. The van der Waals surface area contributed by atoms with Gasteiger partial charge in [-0.3, -0.25) is 4.98 Å². The van der Waals surface area contributed by atoms with Crippen LogP contribution in [-0.4, -0.2) is 13.1 Å². The van der Waals surface area contributed by atoms with Gasteiger partial charge in [0, 0.05) is 11.8 Å². The molecule has 2 aromatic rings. The first-order chi connectivity index (χ1) is 10.0. The highest BCUT2D eigenvalue weighted by Crippen LogP contribution is 2.28. The summed E-state index contributed by atoms with van der Waals surface area (Å²) in [4.78, 5) is 4.59.